The maximum atomic E-state index is 13.1. The van der Waals surface area contributed by atoms with Crippen LogP contribution < -0.4 is 20.3 Å². The zero-order valence-electron chi connectivity index (χ0n) is 24.2. The number of aromatic nitrogens is 4. The molecule has 1 aromatic carbocycles. The molecule has 224 valence electrons. The Bertz CT molecular complexity index is 1520. The molecule has 42 heavy (non-hydrogen) atoms. The normalized spacial score (nSPS) is 20.0. The minimum absolute atomic E-state index is 0.0613. The molecule has 1 N–H and O–H groups in total. The molecule has 2 amide bonds. The van der Waals surface area contributed by atoms with E-state index in [1.165, 1.54) is 15.5 Å². The topological polar surface area (TPSA) is 124 Å². The number of likely N-dealkylation sites (N-methyl/N-ethyl adjacent to an activating group) is 1. The summed E-state index contributed by atoms with van der Waals surface area (Å²) in [7, 11) is 3.21. The molecule has 0 saturated carbocycles. The number of carbonyl (C=O) groups excluding carboxylic acids is 2. The molecule has 1 fully saturated rings. The summed E-state index contributed by atoms with van der Waals surface area (Å²) in [6, 6.07) is 6.68. The van der Waals surface area contributed by atoms with E-state index in [1.807, 2.05) is 26.1 Å². The Kier molecular flexibility index (Phi) is 8.83. The molecular formula is C29H36ClN7O5. The lowest BCUT2D eigenvalue weighted by molar-refractivity contribution is -0.122. The SMILES string of the molecule is COc1cc(Cl)cc(CN2C[C@@H]3CC(=O)NCCN(C)C(=O)c4cccn(c4=O)Cc4cn(nn4)[C@@H]3C2)c1OC(C)C. The maximum absolute atomic E-state index is 13.1. The van der Waals surface area contributed by atoms with Crippen molar-refractivity contribution >= 4 is 23.4 Å². The van der Waals surface area contributed by atoms with Crippen LogP contribution in [0.15, 0.2) is 41.5 Å². The average molecular weight is 598 g/mol. The number of ether oxygens (including phenoxy) is 2. The van der Waals surface area contributed by atoms with Gasteiger partial charge in [0.1, 0.15) is 11.3 Å². The zero-order chi connectivity index (χ0) is 30.0. The third kappa shape index (κ3) is 6.44. The van der Waals surface area contributed by atoms with Crippen LogP contribution >= 0.6 is 11.6 Å². The summed E-state index contributed by atoms with van der Waals surface area (Å²) in [5.41, 5.74) is 1.13. The average Bonchev–Trinajstić information content (AvgIpc) is 3.56. The molecule has 0 spiro atoms. The highest BCUT2D eigenvalue weighted by atomic mass is 35.5. The molecule has 12 nitrogen and oxygen atoms in total. The molecule has 0 radical (unpaired) electrons. The van der Waals surface area contributed by atoms with Gasteiger partial charge in [-0.15, -0.1) is 5.10 Å². The van der Waals surface area contributed by atoms with E-state index in [-0.39, 0.29) is 55.6 Å². The summed E-state index contributed by atoms with van der Waals surface area (Å²) in [6.07, 6.45) is 3.67. The molecule has 4 bridgehead atoms. The number of fused-ring (bicyclic) bond motifs is 6. The van der Waals surface area contributed by atoms with Gasteiger partial charge in [-0.2, -0.15) is 0 Å². The van der Waals surface area contributed by atoms with E-state index in [0.717, 1.165) is 5.56 Å². The maximum Gasteiger partial charge on any atom is 0.263 e. The van der Waals surface area contributed by atoms with Gasteiger partial charge in [0.2, 0.25) is 5.91 Å². The van der Waals surface area contributed by atoms with Gasteiger partial charge < -0.3 is 24.3 Å². The highest BCUT2D eigenvalue weighted by Crippen LogP contribution is 2.38. The monoisotopic (exact) mass is 597 g/mol. The van der Waals surface area contributed by atoms with Crippen molar-refractivity contribution in [3.63, 3.8) is 0 Å². The predicted molar refractivity (Wildman–Crippen MR) is 156 cm³/mol. The van der Waals surface area contributed by atoms with Gasteiger partial charge >= 0.3 is 0 Å². The number of benzene rings is 1. The fourth-order valence-electron chi connectivity index (χ4n) is 5.60. The first-order valence-corrected chi connectivity index (χ1v) is 14.4. The van der Waals surface area contributed by atoms with Gasteiger partial charge in [0.05, 0.1) is 32.0 Å². The number of pyridine rings is 1. The van der Waals surface area contributed by atoms with Gasteiger partial charge in [-0.25, -0.2) is 4.68 Å². The third-order valence-corrected chi connectivity index (χ3v) is 7.81. The standard InChI is InChI=1S/C29H36ClN7O5/c1-18(2)42-27-20(10-21(30)12-25(27)41-4)14-35-13-19-11-26(38)31-7-9-34(3)28(39)23-6-5-8-36(29(23)40)15-22-16-37(33-32-22)24(19)17-35/h5-6,8,10,12,16,18-19,24H,7,9,11,13-15,17H2,1-4H3,(H,31,38)/t19-,24+/m0/s1. The van der Waals surface area contributed by atoms with Crippen molar-refractivity contribution in [1.82, 2.24) is 34.7 Å². The van der Waals surface area contributed by atoms with Gasteiger partial charge in [0.15, 0.2) is 11.5 Å². The van der Waals surface area contributed by atoms with Gasteiger partial charge in [-0.1, -0.05) is 16.8 Å². The smallest absolute Gasteiger partial charge is 0.263 e. The van der Waals surface area contributed by atoms with E-state index in [9.17, 15) is 14.4 Å². The first kappa shape index (κ1) is 29.6. The Morgan fingerprint density at radius 3 is 2.76 bits per heavy atom. The Labute approximate surface area is 249 Å². The van der Waals surface area contributed by atoms with E-state index in [2.05, 4.69) is 20.5 Å². The first-order valence-electron chi connectivity index (χ1n) is 14.0. The molecule has 13 heteroatoms. The van der Waals surface area contributed by atoms with Crippen LogP contribution in [0.25, 0.3) is 0 Å². The number of hydrogen-bond acceptors (Lipinski definition) is 8. The predicted octanol–water partition coefficient (Wildman–Crippen LogP) is 2.20. The molecule has 5 rings (SSSR count). The van der Waals surface area contributed by atoms with Crippen molar-refractivity contribution in [2.45, 2.75) is 45.5 Å². The quantitative estimate of drug-likeness (QED) is 0.475. The van der Waals surface area contributed by atoms with Gasteiger partial charge in [0.25, 0.3) is 11.5 Å². The van der Waals surface area contributed by atoms with Crippen molar-refractivity contribution in [1.29, 1.82) is 0 Å². The third-order valence-electron chi connectivity index (χ3n) is 7.59. The van der Waals surface area contributed by atoms with Crippen LogP contribution in [0.5, 0.6) is 11.5 Å². The molecule has 2 aliphatic rings. The second-order valence-electron chi connectivity index (χ2n) is 11.1. The van der Waals surface area contributed by atoms with Crippen LogP contribution in [0.2, 0.25) is 5.02 Å². The minimum atomic E-state index is -0.402. The number of hydrogen-bond donors (Lipinski definition) is 1. The summed E-state index contributed by atoms with van der Waals surface area (Å²) in [5.74, 6) is 0.640. The van der Waals surface area contributed by atoms with Crippen LogP contribution in [-0.2, 0) is 17.9 Å². The molecule has 0 aliphatic carbocycles. The number of carbonyl (C=O) groups is 2. The van der Waals surface area contributed by atoms with Crippen molar-refractivity contribution < 1.29 is 19.1 Å². The number of halogens is 1. The largest absolute Gasteiger partial charge is 0.493 e. The molecular weight excluding hydrogens is 562 g/mol. The van der Waals surface area contributed by atoms with E-state index in [4.69, 9.17) is 21.1 Å². The number of nitrogens with one attached hydrogen (secondary N) is 1. The van der Waals surface area contributed by atoms with Crippen LogP contribution in [0.4, 0.5) is 0 Å². The van der Waals surface area contributed by atoms with E-state index in [1.54, 1.807) is 37.2 Å². The number of methoxy groups -OCH3 is 1. The summed E-state index contributed by atoms with van der Waals surface area (Å²) < 4.78 is 14.9. The van der Waals surface area contributed by atoms with Crippen LogP contribution in [0.3, 0.4) is 0 Å². The second-order valence-corrected chi connectivity index (χ2v) is 11.5. The zero-order valence-corrected chi connectivity index (χ0v) is 25.0. The highest BCUT2D eigenvalue weighted by Gasteiger charge is 2.37. The molecule has 2 atom stereocenters. The summed E-state index contributed by atoms with van der Waals surface area (Å²) in [5, 5.41) is 12.2. The second kappa shape index (κ2) is 12.5. The number of nitrogens with zero attached hydrogens (tertiary/aromatic N) is 6. The summed E-state index contributed by atoms with van der Waals surface area (Å²) in [4.78, 5) is 42.8. The van der Waals surface area contributed by atoms with Crippen molar-refractivity contribution in [3.05, 3.63) is 68.9 Å². The first-order chi connectivity index (χ1) is 20.1. The molecule has 2 aromatic heterocycles. The highest BCUT2D eigenvalue weighted by molar-refractivity contribution is 6.30. The van der Waals surface area contributed by atoms with Crippen molar-refractivity contribution in [3.8, 4) is 11.5 Å². The molecule has 0 unspecified atom stereocenters. The molecule has 3 aromatic rings. The number of likely N-dealkylation sites (tertiary alicyclic amines) is 1. The molecule has 1 saturated heterocycles. The van der Waals surface area contributed by atoms with E-state index < -0.39 is 11.5 Å². The van der Waals surface area contributed by atoms with Gasteiger partial charge in [0, 0.05) is 75.0 Å². The fourth-order valence-corrected chi connectivity index (χ4v) is 5.83. The van der Waals surface area contributed by atoms with E-state index >= 15 is 0 Å². The van der Waals surface area contributed by atoms with Gasteiger partial charge in [-0.3, -0.25) is 19.3 Å². The van der Waals surface area contributed by atoms with Crippen LogP contribution in [0, 0.1) is 5.92 Å². The van der Waals surface area contributed by atoms with Crippen molar-refractivity contribution in [2.24, 2.45) is 5.92 Å². The summed E-state index contributed by atoms with van der Waals surface area (Å²) in [6.45, 7) is 6.41. The molecule has 4 heterocycles. The van der Waals surface area contributed by atoms with Crippen LogP contribution in [0.1, 0.15) is 47.9 Å². The lowest BCUT2D eigenvalue weighted by Gasteiger charge is -2.22. The Hall–Kier alpha value is -3.90. The lowest BCUT2D eigenvalue weighted by Crippen LogP contribution is -2.39. The van der Waals surface area contributed by atoms with Crippen LogP contribution in [-0.4, -0.2) is 87.6 Å². The van der Waals surface area contributed by atoms with Gasteiger partial charge in [-0.05, 0) is 32.0 Å². The Morgan fingerprint density at radius 2 is 2.00 bits per heavy atom. The van der Waals surface area contributed by atoms with E-state index in [0.29, 0.717) is 41.8 Å². The lowest BCUT2D eigenvalue weighted by atomic mass is 9.99. The molecule has 2 aliphatic heterocycles. The summed E-state index contributed by atoms with van der Waals surface area (Å²) >= 11 is 6.43. The fraction of sp³-hybridized carbons (Fsp3) is 0.483. The number of rotatable bonds is 5. The Morgan fingerprint density at radius 1 is 1.19 bits per heavy atom. The Balaban J connectivity index is 1.45. The van der Waals surface area contributed by atoms with Crippen molar-refractivity contribution in [2.75, 3.05) is 40.3 Å². The minimum Gasteiger partial charge on any atom is -0.493 e. The number of amides is 2.